The Morgan fingerprint density at radius 3 is 2.48 bits per heavy atom. The van der Waals surface area contributed by atoms with Crippen LogP contribution in [0.25, 0.3) is 0 Å². The molecule has 29 heavy (non-hydrogen) atoms. The number of aliphatic imine (C=N–C) groups is 1. The first-order valence-corrected chi connectivity index (χ1v) is 9.51. The number of guanidine groups is 1. The second-order valence-corrected chi connectivity index (χ2v) is 6.39. The summed E-state index contributed by atoms with van der Waals surface area (Å²) in [6.07, 6.45) is 4.75. The van der Waals surface area contributed by atoms with E-state index in [4.69, 9.17) is 4.74 Å². The Labute approximate surface area is 189 Å². The van der Waals surface area contributed by atoms with E-state index in [1.165, 1.54) is 5.56 Å². The summed E-state index contributed by atoms with van der Waals surface area (Å²) in [6, 6.07) is 20.2. The van der Waals surface area contributed by atoms with E-state index in [9.17, 15) is 0 Å². The molecule has 0 atom stereocenters. The van der Waals surface area contributed by atoms with Crippen molar-refractivity contribution in [3.8, 4) is 5.75 Å². The van der Waals surface area contributed by atoms with Crippen LogP contribution in [0, 0.1) is 0 Å². The van der Waals surface area contributed by atoms with Crippen LogP contribution in [0.15, 0.2) is 78.0 Å². The maximum atomic E-state index is 5.83. The number of rotatable bonds is 9. The smallest absolute Gasteiger partial charge is 0.191 e. The fraction of sp³-hybridized carbons (Fsp3) is 0.273. The highest BCUT2D eigenvalue weighted by Gasteiger charge is 2.00. The molecule has 0 bridgehead atoms. The maximum absolute atomic E-state index is 5.83. The van der Waals surface area contributed by atoms with Crippen molar-refractivity contribution in [3.05, 3.63) is 84.2 Å². The number of hydrogen-bond acceptors (Lipinski definition) is 3. The van der Waals surface area contributed by atoms with E-state index in [0.717, 1.165) is 36.8 Å². The average Bonchev–Trinajstić information content (AvgIpc) is 3.27. The quantitative estimate of drug-likeness (QED) is 0.201. The van der Waals surface area contributed by atoms with Crippen molar-refractivity contribution < 1.29 is 4.74 Å². The van der Waals surface area contributed by atoms with Gasteiger partial charge in [-0.25, -0.2) is 0 Å². The Morgan fingerprint density at radius 1 is 1.00 bits per heavy atom. The molecule has 0 spiro atoms. The molecule has 0 saturated carbocycles. The van der Waals surface area contributed by atoms with Crippen LogP contribution >= 0.6 is 24.0 Å². The highest BCUT2D eigenvalue weighted by molar-refractivity contribution is 14.0. The van der Waals surface area contributed by atoms with E-state index in [2.05, 4.69) is 45.0 Å². The standard InChI is InChI=1S/C22H27N5O.HI/c1-23-22(24-13-5-15-27-16-6-14-26-27)25-17-19-9-11-21(12-10-19)28-18-20-7-3-2-4-8-20;/h2-4,6-12,14,16H,5,13,15,17-18H2,1H3,(H2,23,24,25);1H. The van der Waals surface area contributed by atoms with Crippen molar-refractivity contribution in [2.75, 3.05) is 13.6 Å². The number of halogens is 1. The molecule has 0 radical (unpaired) electrons. The van der Waals surface area contributed by atoms with Gasteiger partial charge in [-0.1, -0.05) is 42.5 Å². The first-order chi connectivity index (χ1) is 13.8. The number of hydrogen-bond donors (Lipinski definition) is 2. The number of aryl methyl sites for hydroxylation is 1. The molecule has 0 aliphatic carbocycles. The zero-order chi connectivity index (χ0) is 19.4. The molecule has 7 heteroatoms. The lowest BCUT2D eigenvalue weighted by molar-refractivity contribution is 0.306. The number of nitrogens with zero attached hydrogens (tertiary/aromatic N) is 3. The molecule has 154 valence electrons. The first-order valence-electron chi connectivity index (χ1n) is 9.51. The van der Waals surface area contributed by atoms with Gasteiger partial charge in [0.05, 0.1) is 0 Å². The zero-order valence-corrected chi connectivity index (χ0v) is 19.0. The average molecular weight is 505 g/mol. The highest BCUT2D eigenvalue weighted by atomic mass is 127. The number of ether oxygens (including phenoxy) is 1. The summed E-state index contributed by atoms with van der Waals surface area (Å²) in [6.45, 7) is 3.01. The van der Waals surface area contributed by atoms with Crippen LogP contribution in [0.3, 0.4) is 0 Å². The third-order valence-electron chi connectivity index (χ3n) is 4.27. The third kappa shape index (κ3) is 8.15. The molecular weight excluding hydrogens is 477 g/mol. The summed E-state index contributed by atoms with van der Waals surface area (Å²) in [7, 11) is 1.78. The minimum Gasteiger partial charge on any atom is -0.489 e. The van der Waals surface area contributed by atoms with Gasteiger partial charge < -0.3 is 15.4 Å². The van der Waals surface area contributed by atoms with Crippen LogP contribution in [0.5, 0.6) is 5.75 Å². The van der Waals surface area contributed by atoms with Crippen molar-refractivity contribution in [1.29, 1.82) is 0 Å². The van der Waals surface area contributed by atoms with Gasteiger partial charge in [-0.05, 0) is 35.7 Å². The van der Waals surface area contributed by atoms with Gasteiger partial charge >= 0.3 is 0 Å². The number of aromatic nitrogens is 2. The molecule has 3 rings (SSSR count). The second-order valence-electron chi connectivity index (χ2n) is 6.39. The van der Waals surface area contributed by atoms with Gasteiger partial charge in [0.15, 0.2) is 5.96 Å². The van der Waals surface area contributed by atoms with Crippen LogP contribution in [0.4, 0.5) is 0 Å². The highest BCUT2D eigenvalue weighted by Crippen LogP contribution is 2.14. The Hall–Kier alpha value is -2.55. The van der Waals surface area contributed by atoms with Crippen LogP contribution in [-0.4, -0.2) is 29.3 Å². The summed E-state index contributed by atoms with van der Waals surface area (Å²) < 4.78 is 7.76. The first kappa shape index (κ1) is 22.7. The molecule has 3 aromatic rings. The van der Waals surface area contributed by atoms with Crippen molar-refractivity contribution in [2.24, 2.45) is 4.99 Å². The van der Waals surface area contributed by atoms with Gasteiger partial charge in [0.25, 0.3) is 0 Å². The van der Waals surface area contributed by atoms with Gasteiger partial charge in [0.1, 0.15) is 12.4 Å². The van der Waals surface area contributed by atoms with Crippen molar-refractivity contribution >= 4 is 29.9 Å². The molecule has 0 aliphatic heterocycles. The predicted octanol–water partition coefficient (Wildman–Crippen LogP) is 3.84. The van der Waals surface area contributed by atoms with E-state index < -0.39 is 0 Å². The molecule has 2 aromatic carbocycles. The Morgan fingerprint density at radius 2 is 1.79 bits per heavy atom. The summed E-state index contributed by atoms with van der Waals surface area (Å²) in [5.74, 6) is 1.67. The van der Waals surface area contributed by atoms with Crippen molar-refractivity contribution in [2.45, 2.75) is 26.1 Å². The molecule has 6 nitrogen and oxygen atoms in total. The Kier molecular flexibility index (Phi) is 10.1. The van der Waals surface area contributed by atoms with Crippen molar-refractivity contribution in [1.82, 2.24) is 20.4 Å². The minimum absolute atomic E-state index is 0. The maximum Gasteiger partial charge on any atom is 0.191 e. The van der Waals surface area contributed by atoms with Gasteiger partial charge in [-0.2, -0.15) is 5.10 Å². The van der Waals surface area contributed by atoms with E-state index in [1.54, 1.807) is 13.2 Å². The monoisotopic (exact) mass is 505 g/mol. The number of nitrogens with one attached hydrogen (secondary N) is 2. The fourth-order valence-corrected chi connectivity index (χ4v) is 2.73. The minimum atomic E-state index is 0. The predicted molar refractivity (Wildman–Crippen MR) is 128 cm³/mol. The molecule has 1 heterocycles. The van der Waals surface area contributed by atoms with E-state index in [1.807, 2.05) is 47.3 Å². The van der Waals surface area contributed by atoms with Crippen LogP contribution in [0.1, 0.15) is 17.5 Å². The second kappa shape index (κ2) is 12.8. The van der Waals surface area contributed by atoms with Gasteiger partial charge in [0, 0.05) is 39.1 Å². The van der Waals surface area contributed by atoms with E-state index >= 15 is 0 Å². The lowest BCUT2D eigenvalue weighted by Gasteiger charge is -2.12. The van der Waals surface area contributed by atoms with Crippen LogP contribution in [-0.2, 0) is 19.7 Å². The van der Waals surface area contributed by atoms with Gasteiger partial charge in [0.2, 0.25) is 0 Å². The van der Waals surface area contributed by atoms with Crippen LogP contribution < -0.4 is 15.4 Å². The molecule has 2 N–H and O–H groups in total. The van der Waals surface area contributed by atoms with Gasteiger partial charge in [-0.15, -0.1) is 24.0 Å². The molecule has 0 saturated heterocycles. The summed E-state index contributed by atoms with van der Waals surface area (Å²) >= 11 is 0. The molecule has 1 aromatic heterocycles. The van der Waals surface area contributed by atoms with E-state index in [0.29, 0.717) is 13.2 Å². The Bertz CT molecular complexity index is 835. The van der Waals surface area contributed by atoms with Gasteiger partial charge in [-0.3, -0.25) is 9.67 Å². The molecular formula is C22H28IN5O. The largest absolute Gasteiger partial charge is 0.489 e. The lowest BCUT2D eigenvalue weighted by Crippen LogP contribution is -2.37. The molecule has 0 fully saturated rings. The molecule has 0 unspecified atom stereocenters. The summed E-state index contributed by atoms with van der Waals surface area (Å²) in [5, 5.41) is 10.9. The SMILES string of the molecule is CN=C(NCCCn1cccn1)NCc1ccc(OCc2ccccc2)cc1.I. The molecule has 0 amide bonds. The number of benzene rings is 2. The summed E-state index contributed by atoms with van der Waals surface area (Å²) in [4.78, 5) is 4.27. The topological polar surface area (TPSA) is 63.5 Å². The van der Waals surface area contributed by atoms with Crippen LogP contribution in [0.2, 0.25) is 0 Å². The van der Waals surface area contributed by atoms with E-state index in [-0.39, 0.29) is 24.0 Å². The van der Waals surface area contributed by atoms with Crippen molar-refractivity contribution in [3.63, 3.8) is 0 Å². The zero-order valence-electron chi connectivity index (χ0n) is 16.6. The fourth-order valence-electron chi connectivity index (χ4n) is 2.73. The summed E-state index contributed by atoms with van der Waals surface area (Å²) in [5.41, 5.74) is 2.34. The lowest BCUT2D eigenvalue weighted by atomic mass is 10.2. The third-order valence-corrected chi connectivity index (χ3v) is 4.27. The molecule has 0 aliphatic rings. The Balaban J connectivity index is 0.00000300. The normalized spacial score (nSPS) is 10.9.